The number of benzene rings is 2. The van der Waals surface area contributed by atoms with Gasteiger partial charge in [-0.3, -0.25) is 4.79 Å². The first-order chi connectivity index (χ1) is 14.4. The Balaban J connectivity index is 1.92. The van der Waals surface area contributed by atoms with E-state index >= 15 is 0 Å². The van der Waals surface area contributed by atoms with Gasteiger partial charge < -0.3 is 14.8 Å². The maximum atomic E-state index is 12.0. The van der Waals surface area contributed by atoms with Crippen molar-refractivity contribution in [2.75, 3.05) is 13.2 Å². The van der Waals surface area contributed by atoms with Crippen molar-refractivity contribution in [3.05, 3.63) is 63.6 Å². The molecule has 0 spiro atoms. The van der Waals surface area contributed by atoms with E-state index in [1.165, 1.54) is 12.1 Å². The molecule has 2 aromatic carbocycles. The normalized spacial score (nSPS) is 10.8. The maximum Gasteiger partial charge on any atom is 0.349 e. The Morgan fingerprint density at radius 3 is 2.53 bits per heavy atom. The Morgan fingerprint density at radius 1 is 1.17 bits per heavy atom. The number of carbonyl (C=O) groups excluding carboxylic acids is 2. The van der Waals surface area contributed by atoms with E-state index in [2.05, 4.69) is 5.32 Å². The second kappa shape index (κ2) is 11.9. The first kappa shape index (κ1) is 23.3. The molecule has 2 aromatic rings. The molecule has 1 N–H and O–H groups in total. The van der Waals surface area contributed by atoms with Crippen molar-refractivity contribution in [1.29, 1.82) is 5.26 Å². The Bertz CT molecular complexity index is 966. The van der Waals surface area contributed by atoms with Crippen LogP contribution in [0.2, 0.25) is 10.0 Å². The summed E-state index contributed by atoms with van der Waals surface area (Å²) in [5.41, 5.74) is 0.630. The molecule has 0 saturated carbocycles. The van der Waals surface area contributed by atoms with Crippen LogP contribution in [0.15, 0.2) is 48.0 Å². The van der Waals surface area contributed by atoms with Crippen molar-refractivity contribution in [3.8, 4) is 17.6 Å². The van der Waals surface area contributed by atoms with Gasteiger partial charge in [0.2, 0.25) is 0 Å². The molecule has 156 valence electrons. The summed E-state index contributed by atoms with van der Waals surface area (Å²) in [5.74, 6) is -0.412. The molecule has 0 unspecified atom stereocenters. The summed E-state index contributed by atoms with van der Waals surface area (Å²) in [6, 6.07) is 12.9. The van der Waals surface area contributed by atoms with Gasteiger partial charge in [0.05, 0.1) is 5.02 Å². The molecule has 0 bridgehead atoms. The lowest BCUT2D eigenvalue weighted by Crippen LogP contribution is -2.25. The topological polar surface area (TPSA) is 88.4 Å². The van der Waals surface area contributed by atoms with Crippen molar-refractivity contribution in [2.24, 2.45) is 0 Å². The fraction of sp³-hybridized carbons (Fsp3) is 0.227. The van der Waals surface area contributed by atoms with Crippen molar-refractivity contribution < 1.29 is 19.1 Å². The number of unbranched alkanes of at least 4 members (excludes halogenated alkanes) is 1. The van der Waals surface area contributed by atoms with Gasteiger partial charge in [-0.05, 0) is 48.4 Å². The van der Waals surface area contributed by atoms with Crippen molar-refractivity contribution >= 4 is 41.2 Å². The van der Waals surface area contributed by atoms with Gasteiger partial charge >= 0.3 is 5.97 Å². The summed E-state index contributed by atoms with van der Waals surface area (Å²) < 4.78 is 10.5. The number of ether oxygens (including phenoxy) is 2. The molecule has 1 amide bonds. The Kier molecular flexibility index (Phi) is 9.20. The van der Waals surface area contributed by atoms with Crippen LogP contribution in [0.1, 0.15) is 25.3 Å². The minimum atomic E-state index is -0.614. The number of halogens is 2. The van der Waals surface area contributed by atoms with E-state index < -0.39 is 11.9 Å². The third-order valence-electron chi connectivity index (χ3n) is 3.84. The van der Waals surface area contributed by atoms with Crippen LogP contribution in [-0.4, -0.2) is 25.0 Å². The number of nitrogens with zero attached hydrogens (tertiary/aromatic N) is 1. The van der Waals surface area contributed by atoms with Crippen LogP contribution in [-0.2, 0) is 9.59 Å². The molecule has 0 heterocycles. The molecule has 0 aliphatic heterocycles. The lowest BCUT2D eigenvalue weighted by molar-refractivity contribution is -0.136. The molecule has 0 aliphatic rings. The summed E-state index contributed by atoms with van der Waals surface area (Å²) in [4.78, 5) is 24.0. The third kappa shape index (κ3) is 7.43. The van der Waals surface area contributed by atoms with E-state index in [-0.39, 0.29) is 12.2 Å². The molecule has 0 aliphatic carbocycles. The smallest absolute Gasteiger partial charge is 0.349 e. The molecule has 0 fully saturated rings. The summed E-state index contributed by atoms with van der Waals surface area (Å²) in [5, 5.41) is 12.6. The molecule has 0 atom stereocenters. The van der Waals surface area contributed by atoms with E-state index in [0.29, 0.717) is 33.7 Å². The van der Waals surface area contributed by atoms with E-state index in [4.69, 9.17) is 32.7 Å². The number of hydrogen-bond donors (Lipinski definition) is 1. The summed E-state index contributed by atoms with van der Waals surface area (Å²) >= 11 is 11.8. The van der Waals surface area contributed by atoms with Crippen LogP contribution in [0.5, 0.6) is 11.5 Å². The van der Waals surface area contributed by atoms with Crippen LogP contribution in [0, 0.1) is 11.3 Å². The SMILES string of the molecule is CCCCNC(=O)/C(C#N)=C/c1ccc(OC(=O)COc2ccc(Cl)cc2Cl)cc1. The van der Waals surface area contributed by atoms with Gasteiger partial charge in [-0.25, -0.2) is 4.79 Å². The van der Waals surface area contributed by atoms with Gasteiger partial charge in [-0.2, -0.15) is 5.26 Å². The largest absolute Gasteiger partial charge is 0.480 e. The van der Waals surface area contributed by atoms with Gasteiger partial charge in [0.15, 0.2) is 6.61 Å². The molecule has 30 heavy (non-hydrogen) atoms. The Labute approximate surface area is 185 Å². The highest BCUT2D eigenvalue weighted by atomic mass is 35.5. The van der Waals surface area contributed by atoms with Gasteiger partial charge in [-0.1, -0.05) is 48.7 Å². The fourth-order valence-corrected chi connectivity index (χ4v) is 2.77. The van der Waals surface area contributed by atoms with Crippen LogP contribution < -0.4 is 14.8 Å². The molecular weight excluding hydrogens is 427 g/mol. The van der Waals surface area contributed by atoms with Gasteiger partial charge in [0, 0.05) is 11.6 Å². The van der Waals surface area contributed by atoms with E-state index in [1.807, 2.05) is 13.0 Å². The van der Waals surface area contributed by atoms with Crippen LogP contribution in [0.3, 0.4) is 0 Å². The lowest BCUT2D eigenvalue weighted by Gasteiger charge is -2.08. The van der Waals surface area contributed by atoms with Crippen molar-refractivity contribution in [3.63, 3.8) is 0 Å². The van der Waals surface area contributed by atoms with Gasteiger partial charge in [0.25, 0.3) is 5.91 Å². The lowest BCUT2D eigenvalue weighted by atomic mass is 10.1. The molecule has 2 rings (SSSR count). The maximum absolute atomic E-state index is 12.0. The fourth-order valence-electron chi connectivity index (χ4n) is 2.31. The highest BCUT2D eigenvalue weighted by Gasteiger charge is 2.10. The second-order valence-electron chi connectivity index (χ2n) is 6.19. The molecule has 6 nitrogen and oxygen atoms in total. The van der Waals surface area contributed by atoms with Crippen LogP contribution >= 0.6 is 23.2 Å². The quantitative estimate of drug-likeness (QED) is 0.196. The second-order valence-corrected chi connectivity index (χ2v) is 7.03. The van der Waals surface area contributed by atoms with Crippen LogP contribution in [0.25, 0.3) is 6.08 Å². The first-order valence-corrected chi connectivity index (χ1v) is 9.97. The number of carbonyl (C=O) groups is 2. The monoisotopic (exact) mass is 446 g/mol. The zero-order valence-corrected chi connectivity index (χ0v) is 17.8. The highest BCUT2D eigenvalue weighted by Crippen LogP contribution is 2.27. The average Bonchev–Trinajstić information content (AvgIpc) is 2.72. The molecular formula is C22H20Cl2N2O4. The van der Waals surface area contributed by atoms with E-state index in [0.717, 1.165) is 12.8 Å². The van der Waals surface area contributed by atoms with E-state index in [9.17, 15) is 14.9 Å². The Morgan fingerprint density at radius 2 is 1.90 bits per heavy atom. The predicted octanol–water partition coefficient (Wildman–Crippen LogP) is 4.80. The van der Waals surface area contributed by atoms with Crippen molar-refractivity contribution in [1.82, 2.24) is 5.32 Å². The highest BCUT2D eigenvalue weighted by molar-refractivity contribution is 6.35. The number of nitrogens with one attached hydrogen (secondary N) is 1. The average molecular weight is 447 g/mol. The van der Waals surface area contributed by atoms with Gasteiger partial charge in [0.1, 0.15) is 23.1 Å². The zero-order valence-electron chi connectivity index (χ0n) is 16.3. The summed E-state index contributed by atoms with van der Waals surface area (Å²) in [6.07, 6.45) is 3.26. The van der Waals surface area contributed by atoms with Crippen LogP contribution in [0.4, 0.5) is 0 Å². The number of rotatable bonds is 9. The number of esters is 1. The minimum absolute atomic E-state index is 0.00379. The molecule has 0 aromatic heterocycles. The number of nitriles is 1. The predicted molar refractivity (Wildman–Crippen MR) is 116 cm³/mol. The standard InChI is InChI=1S/C22H20Cl2N2O4/c1-2-3-10-26-22(28)16(13-25)11-15-4-7-18(8-5-15)30-21(27)14-29-20-9-6-17(23)12-19(20)24/h4-9,11-12H,2-3,10,14H2,1H3,(H,26,28)/b16-11+. The zero-order chi connectivity index (χ0) is 21.9. The van der Waals surface area contributed by atoms with E-state index in [1.54, 1.807) is 36.4 Å². The minimum Gasteiger partial charge on any atom is -0.480 e. The number of amides is 1. The van der Waals surface area contributed by atoms with Gasteiger partial charge in [-0.15, -0.1) is 0 Å². The Hall–Kier alpha value is -3.01. The molecule has 0 saturated heterocycles. The first-order valence-electron chi connectivity index (χ1n) is 9.21. The third-order valence-corrected chi connectivity index (χ3v) is 4.37. The number of hydrogen-bond acceptors (Lipinski definition) is 5. The molecule has 0 radical (unpaired) electrons. The summed E-state index contributed by atoms with van der Waals surface area (Å²) in [7, 11) is 0. The van der Waals surface area contributed by atoms with Crippen molar-refractivity contribution in [2.45, 2.75) is 19.8 Å². The summed E-state index contributed by atoms with van der Waals surface area (Å²) in [6.45, 7) is 2.20. The molecule has 8 heteroatoms.